The lowest BCUT2D eigenvalue weighted by Crippen LogP contribution is -2.30. The van der Waals surface area contributed by atoms with Gasteiger partial charge >= 0.3 is 0 Å². The highest BCUT2D eigenvalue weighted by Crippen LogP contribution is 2.30. The van der Waals surface area contributed by atoms with Crippen LogP contribution in [0.1, 0.15) is 49.5 Å². The molecule has 0 saturated carbocycles. The maximum atomic E-state index is 12.5. The molecule has 1 amide bonds. The van der Waals surface area contributed by atoms with Crippen LogP contribution in [0.3, 0.4) is 0 Å². The molecular weight excluding hydrogens is 248 g/mol. The molecule has 20 heavy (non-hydrogen) atoms. The Labute approximate surface area is 122 Å². The van der Waals surface area contributed by atoms with Crippen LogP contribution in [0.15, 0.2) is 18.2 Å². The van der Waals surface area contributed by atoms with E-state index in [1.165, 1.54) is 0 Å². The molecule has 3 heteroatoms. The van der Waals surface area contributed by atoms with Gasteiger partial charge in [0, 0.05) is 30.9 Å². The van der Waals surface area contributed by atoms with Crippen molar-refractivity contribution in [3.05, 3.63) is 29.3 Å². The molecule has 1 aliphatic heterocycles. The molecule has 0 bridgehead atoms. The van der Waals surface area contributed by atoms with Gasteiger partial charge in [0.05, 0.1) is 0 Å². The first kappa shape index (κ1) is 14.9. The van der Waals surface area contributed by atoms with Crippen molar-refractivity contribution in [3.63, 3.8) is 0 Å². The van der Waals surface area contributed by atoms with E-state index in [1.807, 2.05) is 23.1 Å². The molecule has 3 nitrogen and oxygen atoms in total. The van der Waals surface area contributed by atoms with Crippen LogP contribution in [0.4, 0.5) is 5.69 Å². The normalized spacial score (nSPS) is 17.3. The zero-order valence-corrected chi connectivity index (χ0v) is 13.1. The first-order valence-electron chi connectivity index (χ1n) is 7.57. The van der Waals surface area contributed by atoms with E-state index in [0.29, 0.717) is 0 Å². The average Bonchev–Trinajstić information content (AvgIpc) is 2.77. The van der Waals surface area contributed by atoms with E-state index >= 15 is 0 Å². The fourth-order valence-corrected chi connectivity index (χ4v) is 2.72. The van der Waals surface area contributed by atoms with Gasteiger partial charge in [-0.25, -0.2) is 0 Å². The lowest BCUT2D eigenvalue weighted by Gasteiger charge is -2.20. The van der Waals surface area contributed by atoms with Crippen molar-refractivity contribution in [2.75, 3.05) is 25.0 Å². The van der Waals surface area contributed by atoms with Crippen molar-refractivity contribution in [2.24, 2.45) is 5.41 Å². The number of carbonyl (C=O) groups excluding carboxylic acids is 1. The van der Waals surface area contributed by atoms with E-state index in [2.05, 4.69) is 33.0 Å². The van der Waals surface area contributed by atoms with Gasteiger partial charge in [0.1, 0.15) is 0 Å². The Morgan fingerprint density at radius 1 is 1.40 bits per heavy atom. The van der Waals surface area contributed by atoms with Gasteiger partial charge < -0.3 is 10.2 Å². The summed E-state index contributed by atoms with van der Waals surface area (Å²) in [4.78, 5) is 14.5. The largest absolute Gasteiger partial charge is 0.385 e. The first-order valence-corrected chi connectivity index (χ1v) is 7.57. The molecule has 1 fully saturated rings. The summed E-state index contributed by atoms with van der Waals surface area (Å²) >= 11 is 0. The third kappa shape index (κ3) is 3.33. The summed E-state index contributed by atoms with van der Waals surface area (Å²) in [7, 11) is 0. The number of rotatable bonds is 4. The second-order valence-corrected chi connectivity index (χ2v) is 6.60. The zero-order valence-electron chi connectivity index (χ0n) is 13.1. The Morgan fingerprint density at radius 2 is 2.15 bits per heavy atom. The molecule has 0 aromatic heterocycles. The van der Waals surface area contributed by atoms with Crippen molar-refractivity contribution in [2.45, 2.75) is 40.5 Å². The maximum Gasteiger partial charge on any atom is 0.253 e. The standard InChI is InChI=1S/C17H26N2O/c1-5-9-18-15-7-6-14(11-13(15)2)16(20)19-10-8-17(3,4)12-19/h6-7,11,18H,5,8-10,12H2,1-4H3. The molecule has 1 N–H and O–H groups in total. The predicted octanol–water partition coefficient (Wildman–Crippen LogP) is 3.69. The highest BCUT2D eigenvalue weighted by Gasteiger charge is 2.32. The molecule has 0 aliphatic carbocycles. The van der Waals surface area contributed by atoms with Gasteiger partial charge in [0.15, 0.2) is 0 Å². The minimum Gasteiger partial charge on any atom is -0.385 e. The number of nitrogens with one attached hydrogen (secondary N) is 1. The molecule has 0 unspecified atom stereocenters. The average molecular weight is 274 g/mol. The molecule has 0 radical (unpaired) electrons. The summed E-state index contributed by atoms with van der Waals surface area (Å²) in [6.45, 7) is 11.4. The van der Waals surface area contributed by atoms with Crippen LogP contribution in [-0.2, 0) is 0 Å². The van der Waals surface area contributed by atoms with Crippen molar-refractivity contribution < 1.29 is 4.79 Å². The second kappa shape index (κ2) is 5.86. The highest BCUT2D eigenvalue weighted by atomic mass is 16.2. The van der Waals surface area contributed by atoms with E-state index in [9.17, 15) is 4.79 Å². The number of amides is 1. The second-order valence-electron chi connectivity index (χ2n) is 6.60. The Hall–Kier alpha value is -1.51. The topological polar surface area (TPSA) is 32.3 Å². The molecule has 110 valence electrons. The third-order valence-corrected chi connectivity index (χ3v) is 4.00. The highest BCUT2D eigenvalue weighted by molar-refractivity contribution is 5.95. The molecule has 1 heterocycles. The van der Waals surface area contributed by atoms with Crippen LogP contribution in [0.25, 0.3) is 0 Å². The predicted molar refractivity (Wildman–Crippen MR) is 84.3 cm³/mol. The summed E-state index contributed by atoms with van der Waals surface area (Å²) in [6.07, 6.45) is 2.19. The van der Waals surface area contributed by atoms with Gasteiger partial charge in [-0.1, -0.05) is 20.8 Å². The van der Waals surface area contributed by atoms with Crippen LogP contribution in [0, 0.1) is 12.3 Å². The molecule has 1 aromatic carbocycles. The van der Waals surface area contributed by atoms with Crippen LogP contribution in [0.5, 0.6) is 0 Å². The Balaban J connectivity index is 2.09. The number of benzene rings is 1. The molecule has 0 atom stereocenters. The number of carbonyl (C=O) groups is 1. The monoisotopic (exact) mass is 274 g/mol. The van der Waals surface area contributed by atoms with Gasteiger partial charge in [0.25, 0.3) is 5.91 Å². The fourth-order valence-electron chi connectivity index (χ4n) is 2.72. The molecule has 2 rings (SSSR count). The molecule has 1 aromatic rings. The number of hydrogen-bond donors (Lipinski definition) is 1. The maximum absolute atomic E-state index is 12.5. The lowest BCUT2D eigenvalue weighted by atomic mass is 9.93. The van der Waals surface area contributed by atoms with E-state index in [0.717, 1.165) is 49.3 Å². The van der Waals surface area contributed by atoms with Crippen LogP contribution < -0.4 is 5.32 Å². The summed E-state index contributed by atoms with van der Waals surface area (Å²) in [5.74, 6) is 0.167. The van der Waals surface area contributed by atoms with Gasteiger partial charge in [-0.3, -0.25) is 4.79 Å². The Morgan fingerprint density at radius 3 is 2.70 bits per heavy atom. The SMILES string of the molecule is CCCNc1ccc(C(=O)N2CCC(C)(C)C2)cc1C. The van der Waals surface area contributed by atoms with E-state index in [-0.39, 0.29) is 11.3 Å². The minimum absolute atomic E-state index is 0.167. The number of likely N-dealkylation sites (tertiary alicyclic amines) is 1. The van der Waals surface area contributed by atoms with Crippen LogP contribution >= 0.6 is 0 Å². The van der Waals surface area contributed by atoms with Crippen molar-refractivity contribution >= 4 is 11.6 Å². The molecular formula is C17H26N2O. The lowest BCUT2D eigenvalue weighted by molar-refractivity contribution is 0.0778. The van der Waals surface area contributed by atoms with Crippen molar-refractivity contribution in [3.8, 4) is 0 Å². The van der Waals surface area contributed by atoms with E-state index in [4.69, 9.17) is 0 Å². The third-order valence-electron chi connectivity index (χ3n) is 4.00. The van der Waals surface area contributed by atoms with Gasteiger partial charge in [-0.2, -0.15) is 0 Å². The van der Waals surface area contributed by atoms with Crippen LogP contribution in [-0.4, -0.2) is 30.4 Å². The number of nitrogens with zero attached hydrogens (tertiary/aromatic N) is 1. The number of aryl methyl sites for hydroxylation is 1. The van der Waals surface area contributed by atoms with Gasteiger partial charge in [-0.15, -0.1) is 0 Å². The zero-order chi connectivity index (χ0) is 14.8. The quantitative estimate of drug-likeness (QED) is 0.908. The van der Waals surface area contributed by atoms with E-state index < -0.39 is 0 Å². The van der Waals surface area contributed by atoms with Gasteiger partial charge in [-0.05, 0) is 48.9 Å². The summed E-state index contributed by atoms with van der Waals surface area (Å²) in [5.41, 5.74) is 3.34. The summed E-state index contributed by atoms with van der Waals surface area (Å²) in [5, 5.41) is 3.39. The molecule has 1 saturated heterocycles. The fraction of sp³-hybridized carbons (Fsp3) is 0.588. The summed E-state index contributed by atoms with van der Waals surface area (Å²) < 4.78 is 0. The Bertz CT molecular complexity index is 494. The smallest absolute Gasteiger partial charge is 0.253 e. The van der Waals surface area contributed by atoms with E-state index in [1.54, 1.807) is 0 Å². The molecule has 0 spiro atoms. The number of hydrogen-bond acceptors (Lipinski definition) is 2. The minimum atomic E-state index is 0.167. The number of anilines is 1. The van der Waals surface area contributed by atoms with Crippen molar-refractivity contribution in [1.29, 1.82) is 0 Å². The van der Waals surface area contributed by atoms with Crippen LogP contribution in [0.2, 0.25) is 0 Å². The Kier molecular flexibility index (Phi) is 4.36. The molecule has 1 aliphatic rings. The van der Waals surface area contributed by atoms with Gasteiger partial charge in [0.2, 0.25) is 0 Å². The first-order chi connectivity index (χ1) is 9.43. The summed E-state index contributed by atoms with van der Waals surface area (Å²) in [6, 6.07) is 5.98. The van der Waals surface area contributed by atoms with Crippen molar-refractivity contribution in [1.82, 2.24) is 4.90 Å².